The van der Waals surface area contributed by atoms with Crippen molar-refractivity contribution < 1.29 is 13.9 Å². The number of halogens is 2. The van der Waals surface area contributed by atoms with Crippen molar-refractivity contribution in [2.75, 3.05) is 19.7 Å². The highest BCUT2D eigenvalue weighted by molar-refractivity contribution is 9.10. The maximum absolute atomic E-state index is 13.5. The van der Waals surface area contributed by atoms with Gasteiger partial charge in [-0.2, -0.15) is 0 Å². The van der Waals surface area contributed by atoms with Crippen molar-refractivity contribution in [3.05, 3.63) is 34.1 Å². The first-order chi connectivity index (χ1) is 8.65. The predicted octanol–water partition coefficient (Wildman–Crippen LogP) is 2.48. The van der Waals surface area contributed by atoms with Crippen LogP contribution in [0.1, 0.15) is 12.5 Å². The highest BCUT2D eigenvalue weighted by atomic mass is 79.9. The summed E-state index contributed by atoms with van der Waals surface area (Å²) in [4.78, 5) is 0. The lowest BCUT2D eigenvalue weighted by atomic mass is 10.2. The highest BCUT2D eigenvalue weighted by Crippen LogP contribution is 2.16. The molecule has 1 aromatic rings. The third-order valence-corrected chi connectivity index (χ3v) is 3.30. The zero-order chi connectivity index (χ0) is 13.0. The molecule has 18 heavy (non-hydrogen) atoms. The van der Waals surface area contributed by atoms with Crippen molar-refractivity contribution in [2.45, 2.75) is 25.7 Å². The van der Waals surface area contributed by atoms with Gasteiger partial charge in [-0.25, -0.2) is 4.39 Å². The minimum Gasteiger partial charge on any atom is -0.374 e. The summed E-state index contributed by atoms with van der Waals surface area (Å²) in [5.74, 6) is -0.250. The van der Waals surface area contributed by atoms with E-state index in [0.717, 1.165) is 17.6 Å². The van der Waals surface area contributed by atoms with Gasteiger partial charge in [0, 0.05) is 23.1 Å². The van der Waals surface area contributed by atoms with Crippen LogP contribution < -0.4 is 5.32 Å². The van der Waals surface area contributed by atoms with Gasteiger partial charge in [0.05, 0.1) is 25.4 Å². The van der Waals surface area contributed by atoms with E-state index in [1.165, 1.54) is 6.07 Å². The van der Waals surface area contributed by atoms with Crippen molar-refractivity contribution in [3.63, 3.8) is 0 Å². The van der Waals surface area contributed by atoms with Gasteiger partial charge in [-0.15, -0.1) is 0 Å². The van der Waals surface area contributed by atoms with Crippen LogP contribution in [0.2, 0.25) is 0 Å². The van der Waals surface area contributed by atoms with Crippen molar-refractivity contribution >= 4 is 15.9 Å². The molecule has 0 aliphatic carbocycles. The zero-order valence-corrected chi connectivity index (χ0v) is 11.9. The van der Waals surface area contributed by atoms with Crippen molar-refractivity contribution in [3.8, 4) is 0 Å². The van der Waals surface area contributed by atoms with Gasteiger partial charge in [0.25, 0.3) is 0 Å². The summed E-state index contributed by atoms with van der Waals surface area (Å²) in [6.45, 7) is 4.43. The molecule has 0 spiro atoms. The van der Waals surface area contributed by atoms with E-state index in [1.807, 2.05) is 13.0 Å². The van der Waals surface area contributed by atoms with Crippen molar-refractivity contribution in [1.29, 1.82) is 0 Å². The van der Waals surface area contributed by atoms with Gasteiger partial charge in [0.1, 0.15) is 5.82 Å². The minimum atomic E-state index is -0.250. The highest BCUT2D eigenvalue weighted by Gasteiger charge is 2.18. The SMILES string of the molecule is CC1CNCC(COCc2ccc(Br)cc2F)O1. The average Bonchev–Trinajstić information content (AvgIpc) is 2.32. The Morgan fingerprint density at radius 3 is 3.06 bits per heavy atom. The Balaban J connectivity index is 1.77. The molecule has 2 unspecified atom stereocenters. The maximum atomic E-state index is 13.5. The minimum absolute atomic E-state index is 0.0484. The number of rotatable bonds is 4. The van der Waals surface area contributed by atoms with Crippen LogP contribution in [-0.4, -0.2) is 31.9 Å². The molecule has 1 fully saturated rings. The third kappa shape index (κ3) is 4.02. The maximum Gasteiger partial charge on any atom is 0.129 e. The van der Waals surface area contributed by atoms with Crippen LogP contribution in [0.3, 0.4) is 0 Å². The molecule has 0 radical (unpaired) electrons. The summed E-state index contributed by atoms with van der Waals surface area (Å²) < 4.78 is 25.5. The number of hydrogen-bond donors (Lipinski definition) is 1. The monoisotopic (exact) mass is 317 g/mol. The van der Waals surface area contributed by atoms with E-state index in [0.29, 0.717) is 12.2 Å². The Kier molecular flexibility index (Phi) is 5.12. The summed E-state index contributed by atoms with van der Waals surface area (Å²) in [6.07, 6.45) is 0.254. The van der Waals surface area contributed by atoms with E-state index >= 15 is 0 Å². The topological polar surface area (TPSA) is 30.5 Å². The largest absolute Gasteiger partial charge is 0.374 e. The normalized spacial score (nSPS) is 24.2. The average molecular weight is 318 g/mol. The van der Waals surface area contributed by atoms with Gasteiger partial charge in [-0.3, -0.25) is 0 Å². The standard InChI is InChI=1S/C13H17BrFNO2/c1-9-5-16-6-12(18-9)8-17-7-10-2-3-11(14)4-13(10)15/h2-4,9,12,16H,5-8H2,1H3. The van der Waals surface area contributed by atoms with E-state index in [9.17, 15) is 4.39 Å². The van der Waals surface area contributed by atoms with Crippen LogP contribution in [-0.2, 0) is 16.1 Å². The van der Waals surface area contributed by atoms with Crippen LogP contribution in [0.4, 0.5) is 4.39 Å². The first kappa shape index (κ1) is 13.9. The fourth-order valence-corrected chi connectivity index (χ4v) is 2.24. The Hall–Kier alpha value is -0.490. The quantitative estimate of drug-likeness (QED) is 0.925. The Bertz CT molecular complexity index is 403. The first-order valence-corrected chi connectivity index (χ1v) is 6.82. The van der Waals surface area contributed by atoms with Gasteiger partial charge in [0.15, 0.2) is 0 Å². The van der Waals surface area contributed by atoms with Crippen LogP contribution >= 0.6 is 15.9 Å². The van der Waals surface area contributed by atoms with E-state index in [2.05, 4.69) is 21.2 Å². The van der Waals surface area contributed by atoms with Crippen molar-refractivity contribution in [1.82, 2.24) is 5.32 Å². The van der Waals surface area contributed by atoms with E-state index in [-0.39, 0.29) is 24.6 Å². The lowest BCUT2D eigenvalue weighted by Gasteiger charge is -2.28. The molecule has 1 saturated heterocycles. The molecule has 1 aliphatic rings. The molecule has 1 aliphatic heterocycles. The zero-order valence-electron chi connectivity index (χ0n) is 10.3. The first-order valence-electron chi connectivity index (χ1n) is 6.03. The van der Waals surface area contributed by atoms with Crippen LogP contribution in [0.5, 0.6) is 0 Å². The molecule has 0 amide bonds. The molecule has 5 heteroatoms. The van der Waals surface area contributed by atoms with Crippen LogP contribution in [0, 0.1) is 5.82 Å². The molecule has 1 N–H and O–H groups in total. The fourth-order valence-electron chi connectivity index (χ4n) is 1.91. The van der Waals surface area contributed by atoms with Gasteiger partial charge < -0.3 is 14.8 Å². The Morgan fingerprint density at radius 2 is 2.33 bits per heavy atom. The van der Waals surface area contributed by atoms with Crippen LogP contribution in [0.25, 0.3) is 0 Å². The molecular formula is C13H17BrFNO2. The predicted molar refractivity (Wildman–Crippen MR) is 71.0 cm³/mol. The summed E-state index contributed by atoms with van der Waals surface area (Å²) in [5, 5.41) is 3.27. The molecule has 2 atom stereocenters. The molecule has 0 bridgehead atoms. The second kappa shape index (κ2) is 6.61. The summed E-state index contributed by atoms with van der Waals surface area (Å²) in [6, 6.07) is 4.98. The smallest absolute Gasteiger partial charge is 0.129 e. The van der Waals surface area contributed by atoms with Gasteiger partial charge in [-0.05, 0) is 19.1 Å². The molecule has 0 saturated carbocycles. The van der Waals surface area contributed by atoms with Crippen LogP contribution in [0.15, 0.2) is 22.7 Å². The lowest BCUT2D eigenvalue weighted by molar-refractivity contribution is -0.0719. The van der Waals surface area contributed by atoms with Gasteiger partial charge in [-0.1, -0.05) is 22.0 Å². The second-order valence-corrected chi connectivity index (χ2v) is 5.39. The third-order valence-electron chi connectivity index (χ3n) is 2.80. The number of ether oxygens (including phenoxy) is 2. The van der Waals surface area contributed by atoms with E-state index in [1.54, 1.807) is 6.07 Å². The fraction of sp³-hybridized carbons (Fsp3) is 0.538. The molecular weight excluding hydrogens is 301 g/mol. The van der Waals surface area contributed by atoms with Gasteiger partial charge in [0.2, 0.25) is 0 Å². The number of nitrogens with one attached hydrogen (secondary N) is 1. The second-order valence-electron chi connectivity index (χ2n) is 4.48. The summed E-state index contributed by atoms with van der Waals surface area (Å²) >= 11 is 3.22. The number of hydrogen-bond acceptors (Lipinski definition) is 3. The van der Waals surface area contributed by atoms with E-state index in [4.69, 9.17) is 9.47 Å². The molecule has 3 nitrogen and oxygen atoms in total. The molecule has 1 heterocycles. The number of morpholine rings is 1. The molecule has 100 valence electrons. The summed E-state index contributed by atoms with van der Waals surface area (Å²) in [7, 11) is 0. The Labute approximate surface area is 115 Å². The molecule has 2 rings (SSSR count). The molecule has 0 aromatic heterocycles. The van der Waals surface area contributed by atoms with Gasteiger partial charge >= 0.3 is 0 Å². The Morgan fingerprint density at radius 1 is 1.50 bits per heavy atom. The van der Waals surface area contributed by atoms with Crippen molar-refractivity contribution in [2.24, 2.45) is 0 Å². The van der Waals surface area contributed by atoms with E-state index < -0.39 is 0 Å². The molecule has 1 aromatic carbocycles. The lowest BCUT2D eigenvalue weighted by Crippen LogP contribution is -2.45. The summed E-state index contributed by atoms with van der Waals surface area (Å²) in [5.41, 5.74) is 0.565. The number of benzene rings is 1.